The smallest absolute Gasteiger partial charge is 0.164 e. The van der Waals surface area contributed by atoms with Gasteiger partial charge in [0.2, 0.25) is 0 Å². The van der Waals surface area contributed by atoms with Gasteiger partial charge in [0.25, 0.3) is 0 Å². The molecule has 71 heavy (non-hydrogen) atoms. The van der Waals surface area contributed by atoms with Crippen LogP contribution in [0.5, 0.6) is 0 Å². The number of aromatic nitrogens is 3. The molecule has 0 bridgehead atoms. The first-order valence-electron chi connectivity index (χ1n) is 24.1. The summed E-state index contributed by atoms with van der Waals surface area (Å²) < 4.78 is 6.84. The van der Waals surface area contributed by atoms with Crippen molar-refractivity contribution in [3.05, 3.63) is 249 Å². The molecular formula is C67H41N3O. The highest BCUT2D eigenvalue weighted by Gasteiger charge is 2.20. The van der Waals surface area contributed by atoms with Crippen molar-refractivity contribution in [3.63, 3.8) is 0 Å². The quantitative estimate of drug-likeness (QED) is 0.150. The average molecular weight is 904 g/mol. The topological polar surface area (TPSA) is 51.8 Å². The minimum Gasteiger partial charge on any atom is -0.455 e. The Labute approximate surface area is 409 Å². The summed E-state index contributed by atoms with van der Waals surface area (Å²) in [5.74, 6) is 1.85. The van der Waals surface area contributed by atoms with Crippen molar-refractivity contribution < 1.29 is 4.42 Å². The first-order valence-corrected chi connectivity index (χ1v) is 24.1. The van der Waals surface area contributed by atoms with Gasteiger partial charge in [0, 0.05) is 32.8 Å². The van der Waals surface area contributed by atoms with Crippen molar-refractivity contribution in [2.45, 2.75) is 0 Å². The molecule has 0 spiro atoms. The number of nitrogens with zero attached hydrogens (tertiary/aromatic N) is 3. The molecule has 0 fully saturated rings. The summed E-state index contributed by atoms with van der Waals surface area (Å²) in [4.78, 5) is 15.4. The molecule has 0 amide bonds. The number of benzene rings is 12. The fourth-order valence-corrected chi connectivity index (χ4v) is 10.6. The molecule has 14 aromatic rings. The van der Waals surface area contributed by atoms with E-state index in [0.29, 0.717) is 17.5 Å². The molecule has 4 nitrogen and oxygen atoms in total. The third-order valence-corrected chi connectivity index (χ3v) is 14.1. The van der Waals surface area contributed by atoms with Crippen molar-refractivity contribution >= 4 is 65.0 Å². The maximum absolute atomic E-state index is 6.84. The van der Waals surface area contributed by atoms with E-state index >= 15 is 0 Å². The van der Waals surface area contributed by atoms with Crippen molar-refractivity contribution in [1.82, 2.24) is 15.0 Å². The van der Waals surface area contributed by atoms with Gasteiger partial charge >= 0.3 is 0 Å². The Hall–Kier alpha value is -9.51. The van der Waals surface area contributed by atoms with E-state index < -0.39 is 0 Å². The van der Waals surface area contributed by atoms with Crippen LogP contribution in [0.1, 0.15) is 0 Å². The Bertz CT molecular complexity index is 4220. The first kappa shape index (κ1) is 40.5. The highest BCUT2D eigenvalue weighted by atomic mass is 16.3. The standard InChI is InChI=1S/C67H41N3O/c1-3-14-42(15-4-1)44-26-32-47(33-27-44)65-68-66(48-34-28-45(29-35-48)43-16-5-2-6-17-43)70-67(69-65)49-36-30-46(31-37-49)59-41-61-63-51(24-13-25-62(63)71-64(61)58-23-12-11-22-56(58)59)50-38-39-57-54-20-8-7-18-52(54)53-19-9-10-21-55(53)60(57)40-50/h1-41H. The van der Waals surface area contributed by atoms with Crippen LogP contribution in [0.3, 0.4) is 0 Å². The molecule has 0 unspecified atom stereocenters. The molecule has 0 aliphatic carbocycles. The predicted molar refractivity (Wildman–Crippen MR) is 295 cm³/mol. The van der Waals surface area contributed by atoms with Crippen LogP contribution in [0.25, 0.3) is 144 Å². The number of hydrogen-bond donors (Lipinski definition) is 0. The van der Waals surface area contributed by atoms with Gasteiger partial charge in [-0.15, -0.1) is 0 Å². The Morgan fingerprint density at radius 1 is 0.225 bits per heavy atom. The van der Waals surface area contributed by atoms with E-state index in [1.807, 2.05) is 12.1 Å². The van der Waals surface area contributed by atoms with E-state index in [1.54, 1.807) is 0 Å². The summed E-state index contributed by atoms with van der Waals surface area (Å²) in [6.45, 7) is 0. The van der Waals surface area contributed by atoms with Crippen LogP contribution >= 0.6 is 0 Å². The van der Waals surface area contributed by atoms with Crippen LogP contribution in [0.15, 0.2) is 253 Å². The minimum absolute atomic E-state index is 0.609. The lowest BCUT2D eigenvalue weighted by atomic mass is 9.90. The van der Waals surface area contributed by atoms with Crippen molar-refractivity contribution in [3.8, 4) is 78.7 Å². The fraction of sp³-hybridized carbons (Fsp3) is 0. The van der Waals surface area contributed by atoms with Crippen LogP contribution in [-0.4, -0.2) is 15.0 Å². The molecule has 0 saturated heterocycles. The monoisotopic (exact) mass is 903 g/mol. The second kappa shape index (κ2) is 16.6. The van der Waals surface area contributed by atoms with E-state index in [9.17, 15) is 0 Å². The zero-order valence-electron chi connectivity index (χ0n) is 38.4. The van der Waals surface area contributed by atoms with Gasteiger partial charge in [0.05, 0.1) is 0 Å². The van der Waals surface area contributed by atoms with E-state index in [2.05, 4.69) is 237 Å². The molecule has 0 N–H and O–H groups in total. The largest absolute Gasteiger partial charge is 0.455 e. The molecule has 4 heteroatoms. The van der Waals surface area contributed by atoms with Gasteiger partial charge in [-0.25, -0.2) is 15.0 Å². The Morgan fingerprint density at radius 2 is 0.620 bits per heavy atom. The third-order valence-electron chi connectivity index (χ3n) is 14.1. The van der Waals surface area contributed by atoms with Gasteiger partial charge < -0.3 is 4.42 Å². The molecular weight excluding hydrogens is 863 g/mol. The molecule has 2 aromatic heterocycles. The molecule has 330 valence electrons. The summed E-state index contributed by atoms with van der Waals surface area (Å²) in [7, 11) is 0. The highest BCUT2D eigenvalue weighted by Crippen LogP contribution is 2.45. The molecule has 12 aromatic carbocycles. The lowest BCUT2D eigenvalue weighted by molar-refractivity contribution is 0.673. The van der Waals surface area contributed by atoms with Gasteiger partial charge in [-0.2, -0.15) is 0 Å². The normalized spacial score (nSPS) is 11.7. The highest BCUT2D eigenvalue weighted by molar-refractivity contribution is 6.27. The molecule has 0 aliphatic rings. The number of furan rings is 1. The first-order chi connectivity index (χ1) is 35.2. The van der Waals surface area contributed by atoms with Crippen molar-refractivity contribution in [1.29, 1.82) is 0 Å². The summed E-state index contributed by atoms with van der Waals surface area (Å²) in [6.07, 6.45) is 0. The van der Waals surface area contributed by atoms with E-state index in [0.717, 1.165) is 93.9 Å². The van der Waals surface area contributed by atoms with E-state index in [-0.39, 0.29) is 0 Å². The van der Waals surface area contributed by atoms with E-state index in [4.69, 9.17) is 19.4 Å². The van der Waals surface area contributed by atoms with Gasteiger partial charge in [0.1, 0.15) is 11.2 Å². The van der Waals surface area contributed by atoms with Crippen LogP contribution in [0.4, 0.5) is 0 Å². The summed E-state index contributed by atoms with van der Waals surface area (Å²) in [5.41, 5.74) is 13.6. The van der Waals surface area contributed by atoms with Crippen LogP contribution in [-0.2, 0) is 0 Å². The number of fused-ring (bicyclic) bond motifs is 11. The number of hydrogen-bond acceptors (Lipinski definition) is 4. The number of rotatable bonds is 7. The van der Waals surface area contributed by atoms with Gasteiger partial charge in [0.15, 0.2) is 17.5 Å². The molecule has 0 radical (unpaired) electrons. The Morgan fingerprint density at radius 3 is 1.14 bits per heavy atom. The second-order valence-electron chi connectivity index (χ2n) is 18.2. The molecule has 0 saturated carbocycles. The molecule has 2 heterocycles. The van der Waals surface area contributed by atoms with Crippen molar-refractivity contribution in [2.75, 3.05) is 0 Å². The zero-order valence-corrected chi connectivity index (χ0v) is 38.4. The predicted octanol–water partition coefficient (Wildman–Crippen LogP) is 18.1. The summed E-state index contributed by atoms with van der Waals surface area (Å²) >= 11 is 0. The minimum atomic E-state index is 0.609. The van der Waals surface area contributed by atoms with Gasteiger partial charge in [-0.1, -0.05) is 231 Å². The van der Waals surface area contributed by atoms with Crippen LogP contribution in [0.2, 0.25) is 0 Å². The van der Waals surface area contributed by atoms with Gasteiger partial charge in [-0.3, -0.25) is 0 Å². The second-order valence-corrected chi connectivity index (χ2v) is 18.2. The zero-order chi connectivity index (χ0) is 46.8. The third kappa shape index (κ3) is 6.96. The molecule has 0 aliphatic heterocycles. The average Bonchev–Trinajstić information content (AvgIpc) is 3.85. The van der Waals surface area contributed by atoms with Gasteiger partial charge in [-0.05, 0) is 100 Å². The van der Waals surface area contributed by atoms with E-state index in [1.165, 1.54) is 32.3 Å². The maximum Gasteiger partial charge on any atom is 0.164 e. The maximum atomic E-state index is 6.84. The molecule has 14 rings (SSSR count). The Kier molecular flexibility index (Phi) is 9.49. The SMILES string of the molecule is c1ccc(-c2ccc(-c3nc(-c4ccc(-c5ccccc5)cc4)nc(-c4ccc(-c5cc6c(oc7cccc(-c8ccc9c%10ccccc%10c%10ccccc%10c9c8)c76)c6ccccc56)cc4)n3)cc2)cc1. The van der Waals surface area contributed by atoms with Crippen molar-refractivity contribution in [2.24, 2.45) is 0 Å². The van der Waals surface area contributed by atoms with Crippen LogP contribution in [0, 0.1) is 0 Å². The lowest BCUT2D eigenvalue weighted by Gasteiger charge is -2.13. The van der Waals surface area contributed by atoms with Crippen LogP contribution < -0.4 is 0 Å². The summed E-state index contributed by atoms with van der Waals surface area (Å²) in [5, 5.41) is 11.9. The fourth-order valence-electron chi connectivity index (χ4n) is 10.6. The Balaban J connectivity index is 0.887. The summed E-state index contributed by atoms with van der Waals surface area (Å²) in [6, 6.07) is 88.2. The lowest BCUT2D eigenvalue weighted by Crippen LogP contribution is -2.00. The molecule has 0 atom stereocenters.